The monoisotopic (exact) mass is 436 g/mol. The first-order valence-corrected chi connectivity index (χ1v) is 11.2. The number of anilines is 2. The summed E-state index contributed by atoms with van der Waals surface area (Å²) in [4.78, 5) is 15.5. The number of carboxylic acid groups (broad SMARTS) is 1. The number of fused-ring (bicyclic) bond motifs is 1. The van der Waals surface area contributed by atoms with E-state index in [-0.39, 0.29) is 12.4 Å². The van der Waals surface area contributed by atoms with Crippen LogP contribution in [-0.2, 0) is 4.79 Å². The van der Waals surface area contributed by atoms with Gasteiger partial charge in [-0.1, -0.05) is 0 Å². The topological polar surface area (TPSA) is 53.0 Å². The van der Waals surface area contributed by atoms with Crippen LogP contribution in [0.3, 0.4) is 0 Å². The third kappa shape index (κ3) is 4.99. The van der Waals surface area contributed by atoms with Crippen molar-refractivity contribution in [1.82, 2.24) is 4.31 Å². The molecule has 1 aliphatic rings. The van der Waals surface area contributed by atoms with Crippen LogP contribution < -0.4 is 9.64 Å². The summed E-state index contributed by atoms with van der Waals surface area (Å²) >= 11 is 3.17. The van der Waals surface area contributed by atoms with Gasteiger partial charge in [0.1, 0.15) is 18.2 Å². The average molecular weight is 437 g/mol. The first-order valence-electron chi connectivity index (χ1n) is 9.22. The zero-order chi connectivity index (χ0) is 21.2. The Kier molecular flexibility index (Phi) is 6.65. The van der Waals surface area contributed by atoms with Gasteiger partial charge in [0.05, 0.1) is 20.9 Å². The number of nitrogens with zero attached hydrogens (tertiary/aromatic N) is 2. The highest BCUT2D eigenvalue weighted by atomic mass is 32.2. The van der Waals surface area contributed by atoms with E-state index in [1.807, 2.05) is 19.4 Å². The molecule has 0 spiro atoms. The number of carbonyl (C=O) groups is 1. The minimum absolute atomic E-state index is 0.0802. The van der Waals surface area contributed by atoms with Crippen molar-refractivity contribution in [3.63, 3.8) is 0 Å². The minimum Gasteiger partial charge on any atom is -0.491 e. The van der Waals surface area contributed by atoms with Gasteiger partial charge in [0.2, 0.25) is 0 Å². The molecule has 156 valence electrons. The maximum absolute atomic E-state index is 13.4. The second-order valence-electron chi connectivity index (χ2n) is 7.52. The number of halogens is 1. The molecule has 8 heteroatoms. The zero-order valence-electron chi connectivity index (χ0n) is 16.9. The lowest BCUT2D eigenvalue weighted by atomic mass is 9.95. The summed E-state index contributed by atoms with van der Waals surface area (Å²) in [5.74, 6) is -0.480. The summed E-state index contributed by atoms with van der Waals surface area (Å²) < 4.78 is 21.5. The number of hydrogen-bond donors (Lipinski definition) is 1. The number of benzene rings is 2. The van der Waals surface area contributed by atoms with Crippen LogP contribution >= 0.6 is 23.7 Å². The fraction of sp³-hybridized carbons (Fsp3) is 0.381. The lowest BCUT2D eigenvalue weighted by Gasteiger charge is -2.26. The van der Waals surface area contributed by atoms with E-state index in [2.05, 4.69) is 15.3 Å². The van der Waals surface area contributed by atoms with Crippen LogP contribution in [-0.4, -0.2) is 48.4 Å². The van der Waals surface area contributed by atoms with Gasteiger partial charge in [-0.05, 0) is 75.5 Å². The van der Waals surface area contributed by atoms with Crippen molar-refractivity contribution in [3.05, 3.63) is 42.2 Å². The van der Waals surface area contributed by atoms with E-state index in [0.717, 1.165) is 34.3 Å². The number of likely N-dealkylation sites (N-methyl/N-ethyl adjacent to an activating group) is 1. The van der Waals surface area contributed by atoms with Crippen molar-refractivity contribution < 1.29 is 19.0 Å². The summed E-state index contributed by atoms with van der Waals surface area (Å²) in [5, 5.41) is 9.36. The molecule has 0 radical (unpaired) electrons. The van der Waals surface area contributed by atoms with E-state index < -0.39 is 11.4 Å². The lowest BCUT2D eigenvalue weighted by Crippen LogP contribution is -2.30. The van der Waals surface area contributed by atoms with E-state index in [4.69, 9.17) is 4.74 Å². The molecule has 0 bridgehead atoms. The van der Waals surface area contributed by atoms with Crippen LogP contribution in [0.15, 0.2) is 46.2 Å². The van der Waals surface area contributed by atoms with Gasteiger partial charge >= 0.3 is 5.97 Å². The summed E-state index contributed by atoms with van der Waals surface area (Å²) in [5.41, 5.74) is 0.975. The fourth-order valence-electron chi connectivity index (χ4n) is 2.87. The van der Waals surface area contributed by atoms with Gasteiger partial charge in [0.15, 0.2) is 0 Å². The normalized spacial score (nSPS) is 15.0. The Morgan fingerprint density at radius 3 is 2.59 bits per heavy atom. The van der Waals surface area contributed by atoms with Crippen LogP contribution in [0.2, 0.25) is 0 Å². The maximum Gasteiger partial charge on any atom is 0.312 e. The number of thioether (sulfide) groups is 1. The molecule has 0 saturated carbocycles. The van der Waals surface area contributed by atoms with Gasteiger partial charge in [-0.15, -0.1) is 11.8 Å². The highest BCUT2D eigenvalue weighted by Gasteiger charge is 2.29. The molecule has 1 aliphatic heterocycles. The Morgan fingerprint density at radius 1 is 1.28 bits per heavy atom. The van der Waals surface area contributed by atoms with E-state index >= 15 is 0 Å². The second kappa shape index (κ2) is 8.85. The predicted octanol–water partition coefficient (Wildman–Crippen LogP) is 5.13. The van der Waals surface area contributed by atoms with Crippen molar-refractivity contribution in [1.29, 1.82) is 0 Å². The van der Waals surface area contributed by atoms with Gasteiger partial charge in [0, 0.05) is 18.8 Å². The number of rotatable bonds is 6. The third-order valence-electron chi connectivity index (χ3n) is 4.73. The number of carboxylic acids is 1. The van der Waals surface area contributed by atoms with Gasteiger partial charge in [-0.25, -0.2) is 8.70 Å². The van der Waals surface area contributed by atoms with Crippen molar-refractivity contribution >= 4 is 41.1 Å². The Bertz CT molecular complexity index is 890. The van der Waals surface area contributed by atoms with E-state index in [0.29, 0.717) is 5.75 Å². The predicted molar refractivity (Wildman–Crippen MR) is 117 cm³/mol. The molecule has 29 heavy (non-hydrogen) atoms. The van der Waals surface area contributed by atoms with Crippen molar-refractivity contribution in [3.8, 4) is 5.75 Å². The Morgan fingerprint density at radius 2 is 1.97 bits per heavy atom. The molecule has 0 atom stereocenters. The van der Waals surface area contributed by atoms with Crippen LogP contribution in [0.5, 0.6) is 5.75 Å². The molecule has 0 saturated heterocycles. The smallest absolute Gasteiger partial charge is 0.312 e. The molecule has 0 fully saturated rings. The molecular formula is C21H25FN2O3S2. The summed E-state index contributed by atoms with van der Waals surface area (Å²) in [6, 6.07) is 10.6. The van der Waals surface area contributed by atoms with Gasteiger partial charge in [0.25, 0.3) is 0 Å². The van der Waals surface area contributed by atoms with Crippen molar-refractivity contribution in [2.45, 2.75) is 23.6 Å². The number of hydrogen-bond acceptors (Lipinski definition) is 6. The highest BCUT2D eigenvalue weighted by Crippen LogP contribution is 2.44. The molecule has 1 heterocycles. The molecule has 0 aromatic heterocycles. The SMILES string of the molecule is CSc1cc2c(cc1OCC(C)(C)C(=O)O)SN(C)CCN2c1ccc(F)cc1. The van der Waals surface area contributed by atoms with E-state index in [9.17, 15) is 14.3 Å². The first-order chi connectivity index (χ1) is 13.7. The van der Waals surface area contributed by atoms with E-state index in [1.165, 1.54) is 12.1 Å². The Hall–Kier alpha value is -1.90. The Labute approximate surface area is 179 Å². The Balaban J connectivity index is 2.00. The molecule has 5 nitrogen and oxygen atoms in total. The molecule has 3 rings (SSSR count). The van der Waals surface area contributed by atoms with Crippen molar-refractivity contribution in [2.75, 3.05) is 37.9 Å². The molecule has 0 aliphatic carbocycles. The first kappa shape index (κ1) is 21.8. The number of aliphatic carboxylic acids is 1. The second-order valence-corrected chi connectivity index (χ2v) is 9.61. The maximum atomic E-state index is 13.4. The quantitative estimate of drug-likeness (QED) is 0.498. The summed E-state index contributed by atoms with van der Waals surface area (Å²) in [7, 11) is 2.03. The van der Waals surface area contributed by atoms with Crippen LogP contribution in [0.25, 0.3) is 0 Å². The minimum atomic E-state index is -0.980. The molecule has 2 aromatic carbocycles. The van der Waals surface area contributed by atoms with Crippen molar-refractivity contribution in [2.24, 2.45) is 5.41 Å². The molecule has 1 N–H and O–H groups in total. The number of ether oxygens (including phenoxy) is 1. The van der Waals surface area contributed by atoms with Crippen LogP contribution in [0.4, 0.5) is 15.8 Å². The van der Waals surface area contributed by atoms with Gasteiger partial charge in [-0.3, -0.25) is 4.79 Å². The molecular weight excluding hydrogens is 411 g/mol. The molecule has 0 unspecified atom stereocenters. The largest absolute Gasteiger partial charge is 0.491 e. The highest BCUT2D eigenvalue weighted by molar-refractivity contribution is 7.98. The van der Waals surface area contributed by atoms with Crippen LogP contribution in [0.1, 0.15) is 13.8 Å². The van der Waals surface area contributed by atoms with Crippen LogP contribution in [0, 0.1) is 11.2 Å². The zero-order valence-corrected chi connectivity index (χ0v) is 18.6. The van der Waals surface area contributed by atoms with E-state index in [1.54, 1.807) is 49.7 Å². The van der Waals surface area contributed by atoms with Gasteiger partial charge in [-0.2, -0.15) is 0 Å². The standard InChI is InChI=1S/C21H25FN2O3S2/c1-21(2,20(25)26)13-27-17-12-18-16(11-19(17)28-4)24(10-9-23(3)29-18)15-7-5-14(22)6-8-15/h5-8,11-12H,9-10,13H2,1-4H3,(H,25,26). The fourth-order valence-corrected chi connectivity index (χ4v) is 4.35. The average Bonchev–Trinajstić information content (AvgIpc) is 2.84. The molecule has 0 amide bonds. The molecule has 2 aromatic rings. The third-order valence-corrected chi connectivity index (χ3v) is 6.51. The summed E-state index contributed by atoms with van der Waals surface area (Å²) in [6.07, 6.45) is 1.97. The lowest BCUT2D eigenvalue weighted by molar-refractivity contribution is -0.148. The van der Waals surface area contributed by atoms with Gasteiger partial charge < -0.3 is 14.7 Å². The summed E-state index contributed by atoms with van der Waals surface area (Å²) in [6.45, 7) is 4.97.